The fraction of sp³-hybridized carbons (Fsp3) is 0.364. The Hall–Kier alpha value is -2.94. The highest BCUT2D eigenvalue weighted by molar-refractivity contribution is 7.90. The maximum atomic E-state index is 13.4. The predicted octanol–water partition coefficient (Wildman–Crippen LogP) is 3.96. The van der Waals surface area contributed by atoms with Gasteiger partial charge in [0.2, 0.25) is 11.7 Å². The third-order valence-electron chi connectivity index (χ3n) is 5.26. The van der Waals surface area contributed by atoms with Gasteiger partial charge in [0.05, 0.1) is 33.4 Å². The van der Waals surface area contributed by atoms with Gasteiger partial charge in [-0.3, -0.25) is 9.48 Å². The normalized spacial score (nSPS) is 12.1. The van der Waals surface area contributed by atoms with Crippen LogP contribution in [0.2, 0.25) is 10.0 Å². The molecule has 206 valence electrons. The third kappa shape index (κ3) is 6.20. The molecule has 0 radical (unpaired) electrons. The first-order valence-corrected chi connectivity index (χ1v) is 13.4. The summed E-state index contributed by atoms with van der Waals surface area (Å²) < 4.78 is 74.5. The van der Waals surface area contributed by atoms with Gasteiger partial charge in [0, 0.05) is 31.5 Å². The summed E-state index contributed by atoms with van der Waals surface area (Å²) in [6.07, 6.45) is -2.30. The number of carbonyl (C=O) groups is 2. The van der Waals surface area contributed by atoms with Gasteiger partial charge < -0.3 is 9.47 Å². The molecule has 2 heterocycles. The van der Waals surface area contributed by atoms with Gasteiger partial charge in [-0.1, -0.05) is 30.1 Å². The van der Waals surface area contributed by atoms with Crippen LogP contribution in [0.5, 0.6) is 5.88 Å². The standard InChI is InChI=1S/C22H21Cl2F3N4O6S/c1-5-14-17(24)18(30(2)29-14)21(33)37-20-12(8-28-31(20)3)19(32)11-6-7-15(38(4,34)35)13(16(11)23)9-36-10-22(25,26)27/h6-8H,5,9-10H2,1-4H3. The Bertz CT molecular complexity index is 1520. The second-order valence-electron chi connectivity index (χ2n) is 8.08. The van der Waals surface area contributed by atoms with Crippen molar-refractivity contribution < 1.29 is 40.7 Å². The van der Waals surface area contributed by atoms with E-state index in [4.69, 9.17) is 27.9 Å². The minimum absolute atomic E-state index is 0.0669. The average Bonchev–Trinajstić information content (AvgIpc) is 3.30. The molecule has 3 rings (SSSR count). The van der Waals surface area contributed by atoms with Gasteiger partial charge in [0.25, 0.3) is 0 Å². The smallest absolute Gasteiger partial charge is 0.402 e. The van der Waals surface area contributed by atoms with Crippen molar-refractivity contribution in [2.75, 3.05) is 12.9 Å². The topological polar surface area (TPSA) is 122 Å². The fourth-order valence-corrected chi connectivity index (χ4v) is 5.17. The van der Waals surface area contributed by atoms with Crippen LogP contribution in [-0.4, -0.2) is 58.8 Å². The molecule has 1 aromatic carbocycles. The molecule has 0 bridgehead atoms. The molecule has 0 spiro atoms. The summed E-state index contributed by atoms with van der Waals surface area (Å²) in [5.41, 5.74) is -0.448. The molecule has 0 fully saturated rings. The number of esters is 1. The Morgan fingerprint density at radius 1 is 1.08 bits per heavy atom. The van der Waals surface area contributed by atoms with Crippen LogP contribution in [0.25, 0.3) is 0 Å². The Morgan fingerprint density at radius 2 is 1.74 bits per heavy atom. The van der Waals surface area contributed by atoms with Crippen molar-refractivity contribution in [2.24, 2.45) is 14.1 Å². The molecule has 0 N–H and O–H groups in total. The summed E-state index contributed by atoms with van der Waals surface area (Å²) in [6.45, 7) is -0.707. The van der Waals surface area contributed by atoms with Crippen molar-refractivity contribution in [1.82, 2.24) is 19.6 Å². The average molecular weight is 597 g/mol. The second kappa shape index (κ2) is 11.0. The zero-order valence-electron chi connectivity index (χ0n) is 20.4. The Balaban J connectivity index is 2.01. The van der Waals surface area contributed by atoms with Gasteiger partial charge in [-0.2, -0.15) is 23.4 Å². The van der Waals surface area contributed by atoms with E-state index < -0.39 is 50.9 Å². The summed E-state index contributed by atoms with van der Waals surface area (Å²) in [5, 5.41) is 7.72. The summed E-state index contributed by atoms with van der Waals surface area (Å²) in [4.78, 5) is 25.9. The summed E-state index contributed by atoms with van der Waals surface area (Å²) in [5.74, 6) is -2.05. The number of hydrogen-bond acceptors (Lipinski definition) is 8. The van der Waals surface area contributed by atoms with Crippen LogP contribution >= 0.6 is 23.2 Å². The molecule has 0 aliphatic heterocycles. The van der Waals surface area contributed by atoms with Gasteiger partial charge in [0.15, 0.2) is 15.5 Å². The monoisotopic (exact) mass is 596 g/mol. The lowest BCUT2D eigenvalue weighted by Crippen LogP contribution is -2.18. The third-order valence-corrected chi connectivity index (χ3v) is 7.27. The number of ketones is 1. The first-order chi connectivity index (χ1) is 17.6. The maximum absolute atomic E-state index is 13.4. The molecule has 2 aromatic heterocycles. The van der Waals surface area contributed by atoms with E-state index in [1.807, 2.05) is 0 Å². The first-order valence-electron chi connectivity index (χ1n) is 10.7. The number of hydrogen-bond donors (Lipinski definition) is 0. The molecule has 0 saturated heterocycles. The molecular formula is C22H21Cl2F3N4O6S. The number of rotatable bonds is 9. The SMILES string of the molecule is CCc1nn(C)c(C(=O)Oc2c(C(=O)c3ccc(S(C)(=O)=O)c(COCC(F)(F)F)c3Cl)cnn2C)c1Cl. The van der Waals surface area contributed by atoms with Crippen LogP contribution in [-0.2, 0) is 41.7 Å². The van der Waals surface area contributed by atoms with Crippen LogP contribution in [0.15, 0.2) is 23.2 Å². The molecule has 0 aliphatic rings. The van der Waals surface area contributed by atoms with Gasteiger partial charge in [-0.15, -0.1) is 0 Å². The zero-order valence-corrected chi connectivity index (χ0v) is 22.7. The van der Waals surface area contributed by atoms with E-state index in [2.05, 4.69) is 14.9 Å². The second-order valence-corrected chi connectivity index (χ2v) is 10.8. The van der Waals surface area contributed by atoms with E-state index in [0.717, 1.165) is 29.3 Å². The molecule has 0 amide bonds. The Morgan fingerprint density at radius 3 is 2.29 bits per heavy atom. The molecule has 0 saturated carbocycles. The quantitative estimate of drug-likeness (QED) is 0.269. The van der Waals surface area contributed by atoms with Crippen molar-refractivity contribution in [2.45, 2.75) is 31.0 Å². The molecule has 3 aromatic rings. The van der Waals surface area contributed by atoms with Crippen LogP contribution in [0.3, 0.4) is 0 Å². The molecule has 0 atom stereocenters. The number of alkyl halides is 3. The number of carbonyl (C=O) groups excluding carboxylic acids is 2. The largest absolute Gasteiger partial charge is 0.411 e. The molecule has 10 nitrogen and oxygen atoms in total. The molecule has 0 aliphatic carbocycles. The predicted molar refractivity (Wildman–Crippen MR) is 129 cm³/mol. The van der Waals surface area contributed by atoms with Gasteiger partial charge in [-0.25, -0.2) is 17.9 Å². The van der Waals surface area contributed by atoms with E-state index in [0.29, 0.717) is 12.1 Å². The van der Waals surface area contributed by atoms with Crippen molar-refractivity contribution >= 4 is 44.8 Å². The van der Waals surface area contributed by atoms with E-state index >= 15 is 0 Å². The lowest BCUT2D eigenvalue weighted by molar-refractivity contribution is -0.176. The Kier molecular flexibility index (Phi) is 8.61. The van der Waals surface area contributed by atoms with Crippen molar-refractivity contribution in [3.05, 3.63) is 56.5 Å². The van der Waals surface area contributed by atoms with Gasteiger partial charge in [-0.05, 0) is 18.6 Å². The van der Waals surface area contributed by atoms with Crippen LogP contribution < -0.4 is 4.74 Å². The fourth-order valence-electron chi connectivity index (χ4n) is 3.52. The van der Waals surface area contributed by atoms with E-state index in [1.54, 1.807) is 6.92 Å². The number of ether oxygens (including phenoxy) is 2. The van der Waals surface area contributed by atoms with Crippen LogP contribution in [0.1, 0.15) is 44.6 Å². The number of sulfone groups is 1. The van der Waals surface area contributed by atoms with E-state index in [1.165, 1.54) is 18.8 Å². The molecule has 0 unspecified atom stereocenters. The number of benzene rings is 1. The summed E-state index contributed by atoms with van der Waals surface area (Å²) in [7, 11) is -1.07. The number of aryl methyl sites for hydroxylation is 3. The number of aromatic nitrogens is 4. The molecular weight excluding hydrogens is 576 g/mol. The van der Waals surface area contributed by atoms with Gasteiger partial charge in [0.1, 0.15) is 12.2 Å². The zero-order chi connectivity index (χ0) is 28.6. The lowest BCUT2D eigenvalue weighted by atomic mass is 10.0. The molecule has 38 heavy (non-hydrogen) atoms. The van der Waals surface area contributed by atoms with E-state index in [9.17, 15) is 31.2 Å². The van der Waals surface area contributed by atoms with Crippen LogP contribution in [0.4, 0.5) is 13.2 Å². The van der Waals surface area contributed by atoms with Crippen molar-refractivity contribution in [1.29, 1.82) is 0 Å². The highest BCUT2D eigenvalue weighted by Crippen LogP contribution is 2.33. The van der Waals surface area contributed by atoms with Gasteiger partial charge >= 0.3 is 12.1 Å². The minimum atomic E-state index is -4.67. The van der Waals surface area contributed by atoms with Crippen molar-refractivity contribution in [3.63, 3.8) is 0 Å². The van der Waals surface area contributed by atoms with Crippen molar-refractivity contribution in [3.8, 4) is 5.88 Å². The molecule has 16 heteroatoms. The summed E-state index contributed by atoms with van der Waals surface area (Å²) >= 11 is 12.6. The van der Waals surface area contributed by atoms with E-state index in [-0.39, 0.29) is 33.3 Å². The first kappa shape index (κ1) is 29.6. The summed E-state index contributed by atoms with van der Waals surface area (Å²) in [6, 6.07) is 2.13. The lowest BCUT2D eigenvalue weighted by Gasteiger charge is -2.15. The number of halogens is 5. The highest BCUT2D eigenvalue weighted by atomic mass is 35.5. The van der Waals surface area contributed by atoms with Crippen LogP contribution in [0, 0.1) is 0 Å². The maximum Gasteiger partial charge on any atom is 0.411 e. The number of nitrogens with zero attached hydrogens (tertiary/aromatic N) is 4. The Labute approximate surface area is 225 Å². The minimum Gasteiger partial charge on any atom is -0.402 e. The highest BCUT2D eigenvalue weighted by Gasteiger charge is 2.31.